The first-order chi connectivity index (χ1) is 12.8. The molecular weight excluding hydrogens is 344 g/mol. The highest BCUT2D eigenvalue weighted by Crippen LogP contribution is 2.33. The number of carbonyl (C=O) groups excluding carboxylic acids is 1. The lowest BCUT2D eigenvalue weighted by Gasteiger charge is -2.19. The molecule has 0 fully saturated rings. The van der Waals surface area contributed by atoms with Crippen molar-refractivity contribution in [2.45, 2.75) is 19.9 Å². The predicted molar refractivity (Wildman–Crippen MR) is 104 cm³/mol. The maximum atomic E-state index is 12.0. The van der Waals surface area contributed by atoms with Crippen LogP contribution < -0.4 is 10.2 Å². The molecule has 7 nitrogen and oxygen atoms in total. The molecule has 7 heteroatoms. The van der Waals surface area contributed by atoms with Crippen LogP contribution in [0.25, 0.3) is 6.08 Å². The molecule has 0 aliphatic carbocycles. The van der Waals surface area contributed by atoms with Crippen molar-refractivity contribution in [1.29, 1.82) is 5.26 Å². The van der Waals surface area contributed by atoms with Crippen molar-refractivity contribution in [2.75, 3.05) is 11.9 Å². The van der Waals surface area contributed by atoms with Gasteiger partial charge in [-0.3, -0.25) is 14.9 Å². The summed E-state index contributed by atoms with van der Waals surface area (Å²) in [5.74, 6) is -0.513. The summed E-state index contributed by atoms with van der Waals surface area (Å²) in [5, 5.41) is 23.4. The minimum Gasteiger partial charge on any atom is -0.349 e. The first-order valence-electron chi connectivity index (χ1n) is 8.33. The van der Waals surface area contributed by atoms with Crippen LogP contribution in [-0.4, -0.2) is 23.9 Å². The number of benzene rings is 2. The Morgan fingerprint density at radius 2 is 1.93 bits per heavy atom. The second-order valence-corrected chi connectivity index (χ2v) is 6.20. The Balaban J connectivity index is 2.43. The summed E-state index contributed by atoms with van der Waals surface area (Å²) >= 11 is 0. The second-order valence-electron chi connectivity index (χ2n) is 6.20. The molecule has 0 heterocycles. The van der Waals surface area contributed by atoms with Gasteiger partial charge >= 0.3 is 0 Å². The maximum Gasteiger partial charge on any atom is 0.293 e. The van der Waals surface area contributed by atoms with Gasteiger partial charge in [0, 0.05) is 24.8 Å². The molecule has 2 rings (SSSR count). The first kappa shape index (κ1) is 19.7. The molecule has 138 valence electrons. The van der Waals surface area contributed by atoms with Crippen LogP contribution in [0.1, 0.15) is 19.4 Å². The van der Waals surface area contributed by atoms with E-state index in [4.69, 9.17) is 0 Å². The largest absolute Gasteiger partial charge is 0.349 e. The van der Waals surface area contributed by atoms with Gasteiger partial charge in [-0.05, 0) is 43.7 Å². The van der Waals surface area contributed by atoms with Crippen LogP contribution in [0, 0.1) is 21.4 Å². The SMILES string of the molecule is CC(C)NC(=O)/C(C#N)=C/c1ccc(N(C)c2ccccc2)c([N+](=O)[O-])c1. The van der Waals surface area contributed by atoms with Gasteiger partial charge in [-0.1, -0.05) is 24.3 Å². The van der Waals surface area contributed by atoms with E-state index in [1.54, 1.807) is 37.9 Å². The van der Waals surface area contributed by atoms with Gasteiger partial charge in [0.1, 0.15) is 17.3 Å². The number of nitrogens with zero attached hydrogens (tertiary/aromatic N) is 3. The number of nitro groups is 1. The van der Waals surface area contributed by atoms with Gasteiger partial charge in [-0.2, -0.15) is 5.26 Å². The van der Waals surface area contributed by atoms with E-state index in [0.717, 1.165) is 5.69 Å². The van der Waals surface area contributed by atoms with Gasteiger partial charge in [-0.15, -0.1) is 0 Å². The third-order valence-corrected chi connectivity index (χ3v) is 3.80. The summed E-state index contributed by atoms with van der Waals surface area (Å²) in [6.45, 7) is 3.57. The van der Waals surface area contributed by atoms with E-state index in [0.29, 0.717) is 11.3 Å². The highest BCUT2D eigenvalue weighted by molar-refractivity contribution is 6.02. The summed E-state index contributed by atoms with van der Waals surface area (Å²) < 4.78 is 0. The molecule has 0 aliphatic heterocycles. The van der Waals surface area contributed by atoms with Crippen LogP contribution >= 0.6 is 0 Å². The monoisotopic (exact) mass is 364 g/mol. The highest BCUT2D eigenvalue weighted by Gasteiger charge is 2.19. The van der Waals surface area contributed by atoms with Crippen molar-refractivity contribution in [3.63, 3.8) is 0 Å². The molecular formula is C20H20N4O3. The Kier molecular flexibility index (Phi) is 6.28. The average molecular weight is 364 g/mol. The number of anilines is 2. The molecule has 0 aromatic heterocycles. The molecule has 0 saturated heterocycles. The topological polar surface area (TPSA) is 99.3 Å². The van der Waals surface area contributed by atoms with E-state index in [1.807, 2.05) is 36.4 Å². The number of nitriles is 1. The standard InChI is InChI=1S/C20H20N4O3/c1-14(2)22-20(25)16(13-21)11-15-9-10-18(19(12-15)24(26)27)23(3)17-7-5-4-6-8-17/h4-12,14H,1-3H3,(H,22,25)/b16-11+. The molecule has 0 aliphatic rings. The third-order valence-electron chi connectivity index (χ3n) is 3.80. The number of nitrogens with one attached hydrogen (secondary N) is 1. The Bertz CT molecular complexity index is 915. The number of amides is 1. The normalized spacial score (nSPS) is 11.0. The minimum atomic E-state index is -0.513. The fourth-order valence-electron chi connectivity index (χ4n) is 2.51. The number of carbonyl (C=O) groups is 1. The number of para-hydroxylation sites is 1. The lowest BCUT2D eigenvalue weighted by Crippen LogP contribution is -2.30. The number of hydrogen-bond donors (Lipinski definition) is 1. The fourth-order valence-corrected chi connectivity index (χ4v) is 2.51. The minimum absolute atomic E-state index is 0.109. The summed E-state index contributed by atoms with van der Waals surface area (Å²) in [6, 6.07) is 15.6. The molecule has 0 atom stereocenters. The molecule has 1 amide bonds. The van der Waals surface area contributed by atoms with Crippen molar-refractivity contribution in [3.05, 3.63) is 69.8 Å². The first-order valence-corrected chi connectivity index (χ1v) is 8.33. The second kappa shape index (κ2) is 8.63. The molecule has 27 heavy (non-hydrogen) atoms. The van der Waals surface area contributed by atoms with Gasteiger partial charge in [0.05, 0.1) is 4.92 Å². The fraction of sp³-hybridized carbons (Fsp3) is 0.200. The van der Waals surface area contributed by atoms with E-state index >= 15 is 0 Å². The van der Waals surface area contributed by atoms with Crippen LogP contribution in [0.5, 0.6) is 0 Å². The van der Waals surface area contributed by atoms with Crippen molar-refractivity contribution in [3.8, 4) is 6.07 Å². The van der Waals surface area contributed by atoms with Crippen LogP contribution in [-0.2, 0) is 4.79 Å². The van der Waals surface area contributed by atoms with E-state index in [2.05, 4.69) is 5.32 Å². The summed E-state index contributed by atoms with van der Waals surface area (Å²) in [4.78, 5) is 24.8. The average Bonchev–Trinajstić information content (AvgIpc) is 2.65. The van der Waals surface area contributed by atoms with E-state index < -0.39 is 10.8 Å². The van der Waals surface area contributed by atoms with Gasteiger partial charge < -0.3 is 10.2 Å². The van der Waals surface area contributed by atoms with Crippen LogP contribution in [0.15, 0.2) is 54.1 Å². The van der Waals surface area contributed by atoms with Crippen LogP contribution in [0.3, 0.4) is 0 Å². The van der Waals surface area contributed by atoms with E-state index in [9.17, 15) is 20.2 Å². The molecule has 0 bridgehead atoms. The van der Waals surface area contributed by atoms with Crippen molar-refractivity contribution < 1.29 is 9.72 Å². The lowest BCUT2D eigenvalue weighted by molar-refractivity contribution is -0.384. The zero-order chi connectivity index (χ0) is 20.0. The third kappa shape index (κ3) is 4.92. The molecule has 0 saturated carbocycles. The maximum absolute atomic E-state index is 12.0. The highest BCUT2D eigenvalue weighted by atomic mass is 16.6. The zero-order valence-electron chi connectivity index (χ0n) is 15.3. The summed E-state index contributed by atoms with van der Waals surface area (Å²) in [7, 11) is 1.74. The molecule has 0 spiro atoms. The van der Waals surface area contributed by atoms with Crippen molar-refractivity contribution >= 4 is 29.0 Å². The number of nitro benzene ring substituents is 1. The molecule has 2 aromatic rings. The summed E-state index contributed by atoms with van der Waals surface area (Å²) in [5.41, 5.74) is 1.40. The summed E-state index contributed by atoms with van der Waals surface area (Å²) in [6.07, 6.45) is 1.34. The molecule has 0 unspecified atom stereocenters. The van der Waals surface area contributed by atoms with E-state index in [1.165, 1.54) is 12.1 Å². The van der Waals surface area contributed by atoms with Crippen molar-refractivity contribution in [1.82, 2.24) is 5.32 Å². The quantitative estimate of drug-likeness (QED) is 0.364. The Morgan fingerprint density at radius 1 is 1.26 bits per heavy atom. The zero-order valence-corrected chi connectivity index (χ0v) is 15.3. The smallest absolute Gasteiger partial charge is 0.293 e. The Morgan fingerprint density at radius 3 is 2.48 bits per heavy atom. The number of rotatable bonds is 6. The Hall–Kier alpha value is -3.66. The van der Waals surface area contributed by atoms with Crippen LogP contribution in [0.2, 0.25) is 0 Å². The Labute approximate surface area is 157 Å². The predicted octanol–water partition coefficient (Wildman–Crippen LogP) is 3.79. The lowest BCUT2D eigenvalue weighted by atomic mass is 10.1. The van der Waals surface area contributed by atoms with Gasteiger partial charge in [0.2, 0.25) is 0 Å². The van der Waals surface area contributed by atoms with Gasteiger partial charge in [0.15, 0.2) is 0 Å². The molecule has 1 N–H and O–H groups in total. The number of hydrogen-bond acceptors (Lipinski definition) is 5. The van der Waals surface area contributed by atoms with Gasteiger partial charge in [-0.25, -0.2) is 0 Å². The van der Waals surface area contributed by atoms with Crippen molar-refractivity contribution in [2.24, 2.45) is 0 Å². The van der Waals surface area contributed by atoms with Crippen LogP contribution in [0.4, 0.5) is 17.1 Å². The van der Waals surface area contributed by atoms with Gasteiger partial charge in [0.25, 0.3) is 11.6 Å². The molecule has 0 radical (unpaired) electrons. The molecule has 2 aromatic carbocycles. The van der Waals surface area contributed by atoms with E-state index in [-0.39, 0.29) is 17.3 Å².